The Hall–Kier alpha value is -2.22. The molecule has 1 N–H and O–H groups in total. The summed E-state index contributed by atoms with van der Waals surface area (Å²) in [5, 5.41) is 18.1. The van der Waals surface area contributed by atoms with E-state index in [1.165, 1.54) is 19.2 Å². The molecule has 0 amide bonds. The van der Waals surface area contributed by atoms with E-state index in [4.69, 9.17) is 14.7 Å². The van der Waals surface area contributed by atoms with Gasteiger partial charge in [-0.05, 0) is 13.0 Å². The van der Waals surface area contributed by atoms with Crippen LogP contribution in [0.4, 0.5) is 0 Å². The molecule has 0 spiro atoms. The topological polar surface area (TPSA) is 79.6 Å². The van der Waals surface area contributed by atoms with Gasteiger partial charge >= 0.3 is 5.97 Å². The fourth-order valence-corrected chi connectivity index (χ4v) is 1.20. The molecule has 0 saturated carbocycles. The second-order valence-corrected chi connectivity index (χ2v) is 2.90. The first kappa shape index (κ1) is 11.9. The summed E-state index contributed by atoms with van der Waals surface area (Å²) >= 11 is 0. The molecule has 0 aromatic heterocycles. The Balaban J connectivity index is 3.26. The van der Waals surface area contributed by atoms with Crippen LogP contribution in [0.15, 0.2) is 12.1 Å². The lowest BCUT2D eigenvalue weighted by Gasteiger charge is -2.08. The number of hydrogen-bond donors (Lipinski definition) is 1. The third kappa shape index (κ3) is 2.23. The summed E-state index contributed by atoms with van der Waals surface area (Å²) in [4.78, 5) is 11.5. The zero-order valence-corrected chi connectivity index (χ0v) is 8.98. The maximum Gasteiger partial charge on any atom is 0.341 e. The molecule has 0 aliphatic heterocycles. The van der Waals surface area contributed by atoms with Gasteiger partial charge in [-0.25, -0.2) is 4.79 Å². The van der Waals surface area contributed by atoms with Gasteiger partial charge < -0.3 is 14.6 Å². The molecule has 0 saturated heterocycles. The van der Waals surface area contributed by atoms with Crippen molar-refractivity contribution >= 4 is 5.97 Å². The predicted octanol–water partition coefficient (Wildman–Crippen LogP) is 1.45. The van der Waals surface area contributed by atoms with Crippen molar-refractivity contribution in [1.82, 2.24) is 0 Å². The summed E-state index contributed by atoms with van der Waals surface area (Å²) in [5.74, 6) is -0.641. The van der Waals surface area contributed by atoms with Gasteiger partial charge in [0.1, 0.15) is 23.1 Å². The van der Waals surface area contributed by atoms with Gasteiger partial charge in [-0.15, -0.1) is 0 Å². The highest BCUT2D eigenvalue weighted by atomic mass is 16.5. The Bertz CT molecular complexity index is 448. The minimum atomic E-state index is -0.587. The molecule has 84 valence electrons. The molecule has 1 aromatic carbocycles. The van der Waals surface area contributed by atoms with Gasteiger partial charge in [0.2, 0.25) is 0 Å². The molecule has 0 fully saturated rings. The van der Waals surface area contributed by atoms with Crippen molar-refractivity contribution in [2.45, 2.75) is 6.92 Å². The predicted molar refractivity (Wildman–Crippen MR) is 55.3 cm³/mol. The zero-order valence-electron chi connectivity index (χ0n) is 8.98. The van der Waals surface area contributed by atoms with Gasteiger partial charge in [-0.2, -0.15) is 5.26 Å². The Morgan fingerprint density at radius 2 is 2.25 bits per heavy atom. The lowest BCUT2D eigenvalue weighted by molar-refractivity contribution is 0.0522. The van der Waals surface area contributed by atoms with Crippen molar-refractivity contribution in [3.63, 3.8) is 0 Å². The molecule has 1 aromatic rings. The third-order valence-electron chi connectivity index (χ3n) is 1.93. The summed E-state index contributed by atoms with van der Waals surface area (Å²) in [6.07, 6.45) is 0. The summed E-state index contributed by atoms with van der Waals surface area (Å²) in [5.41, 5.74) is 0.127. The first-order valence-corrected chi connectivity index (χ1v) is 4.62. The van der Waals surface area contributed by atoms with Gasteiger partial charge in [-0.3, -0.25) is 0 Å². The summed E-state index contributed by atoms with van der Waals surface area (Å²) in [7, 11) is 1.36. The summed E-state index contributed by atoms with van der Waals surface area (Å²) in [6, 6.07) is 4.23. The number of phenols is 1. The average molecular weight is 221 g/mol. The third-order valence-corrected chi connectivity index (χ3v) is 1.93. The summed E-state index contributed by atoms with van der Waals surface area (Å²) < 4.78 is 9.72. The van der Waals surface area contributed by atoms with E-state index in [-0.39, 0.29) is 29.2 Å². The fraction of sp³-hybridized carbons (Fsp3) is 0.273. The van der Waals surface area contributed by atoms with Crippen LogP contribution in [0.1, 0.15) is 22.8 Å². The number of esters is 1. The largest absolute Gasteiger partial charge is 0.506 e. The van der Waals surface area contributed by atoms with Crippen molar-refractivity contribution in [3.05, 3.63) is 23.3 Å². The molecular formula is C11H11NO4. The standard InChI is InChI=1S/C11H11NO4/c1-3-16-11(14)8-4-7(6-12)9(13)5-10(8)15-2/h4-5,13H,3H2,1-2H3. The molecule has 0 aliphatic rings. The van der Waals surface area contributed by atoms with Gasteiger partial charge in [-0.1, -0.05) is 0 Å². The van der Waals surface area contributed by atoms with Gasteiger partial charge in [0.25, 0.3) is 0 Å². The minimum Gasteiger partial charge on any atom is -0.506 e. The van der Waals surface area contributed by atoms with Gasteiger partial charge in [0, 0.05) is 6.07 Å². The molecule has 1 rings (SSSR count). The van der Waals surface area contributed by atoms with Crippen LogP contribution in [0.3, 0.4) is 0 Å². The number of carbonyl (C=O) groups is 1. The molecule has 0 aliphatic carbocycles. The number of benzene rings is 1. The molecule has 0 atom stereocenters. The second-order valence-electron chi connectivity index (χ2n) is 2.90. The number of aromatic hydroxyl groups is 1. The number of ether oxygens (including phenoxy) is 2. The van der Waals surface area contributed by atoms with Gasteiger partial charge in [0.15, 0.2) is 0 Å². The number of methoxy groups -OCH3 is 1. The SMILES string of the molecule is CCOC(=O)c1cc(C#N)c(O)cc1OC. The van der Waals surface area contributed by atoms with Crippen LogP contribution in [0.25, 0.3) is 0 Å². The molecule has 5 nitrogen and oxygen atoms in total. The molecule has 0 heterocycles. The lowest BCUT2D eigenvalue weighted by Crippen LogP contribution is -2.07. The van der Waals surface area contributed by atoms with E-state index < -0.39 is 5.97 Å². The highest BCUT2D eigenvalue weighted by Gasteiger charge is 2.17. The molecule has 16 heavy (non-hydrogen) atoms. The van der Waals surface area contributed by atoms with Gasteiger partial charge in [0.05, 0.1) is 19.3 Å². The first-order chi connectivity index (χ1) is 7.63. The van der Waals surface area contributed by atoms with E-state index >= 15 is 0 Å². The van der Waals surface area contributed by atoms with E-state index in [9.17, 15) is 9.90 Å². The molecular weight excluding hydrogens is 210 g/mol. The van der Waals surface area contributed by atoms with E-state index in [1.54, 1.807) is 13.0 Å². The zero-order chi connectivity index (χ0) is 12.1. The van der Waals surface area contributed by atoms with Crippen molar-refractivity contribution < 1.29 is 19.4 Å². The highest BCUT2D eigenvalue weighted by molar-refractivity contribution is 5.93. The Kier molecular flexibility index (Phi) is 3.72. The average Bonchev–Trinajstić information content (AvgIpc) is 2.28. The second kappa shape index (κ2) is 5.03. The lowest BCUT2D eigenvalue weighted by atomic mass is 10.1. The normalized spacial score (nSPS) is 9.31. The van der Waals surface area contributed by atoms with Crippen LogP contribution in [-0.2, 0) is 4.74 Å². The fourth-order valence-electron chi connectivity index (χ4n) is 1.20. The van der Waals surface area contributed by atoms with Crippen LogP contribution in [0.2, 0.25) is 0 Å². The van der Waals surface area contributed by atoms with Crippen LogP contribution in [0.5, 0.6) is 11.5 Å². The summed E-state index contributed by atoms with van der Waals surface area (Å²) in [6.45, 7) is 1.90. The monoisotopic (exact) mass is 221 g/mol. The quantitative estimate of drug-likeness (QED) is 0.781. The number of nitrogens with zero attached hydrogens (tertiary/aromatic N) is 1. The van der Waals surface area contributed by atoms with Crippen LogP contribution in [-0.4, -0.2) is 24.8 Å². The van der Waals surface area contributed by atoms with Crippen LogP contribution >= 0.6 is 0 Å². The van der Waals surface area contributed by atoms with Crippen molar-refractivity contribution in [2.75, 3.05) is 13.7 Å². The maximum absolute atomic E-state index is 11.5. The van der Waals surface area contributed by atoms with E-state index in [1.807, 2.05) is 0 Å². The first-order valence-electron chi connectivity index (χ1n) is 4.62. The van der Waals surface area contributed by atoms with Crippen LogP contribution < -0.4 is 4.74 Å². The van der Waals surface area contributed by atoms with Crippen molar-refractivity contribution in [2.24, 2.45) is 0 Å². The van der Waals surface area contributed by atoms with Crippen LogP contribution in [0, 0.1) is 11.3 Å². The highest BCUT2D eigenvalue weighted by Crippen LogP contribution is 2.28. The minimum absolute atomic E-state index is 0.00357. The van der Waals surface area contributed by atoms with E-state index in [2.05, 4.69) is 0 Å². The maximum atomic E-state index is 11.5. The Labute approximate surface area is 92.8 Å². The molecule has 0 unspecified atom stereocenters. The number of hydrogen-bond acceptors (Lipinski definition) is 5. The number of nitriles is 1. The number of rotatable bonds is 3. The Morgan fingerprint density at radius 3 is 2.75 bits per heavy atom. The molecule has 5 heteroatoms. The molecule has 0 radical (unpaired) electrons. The van der Waals surface area contributed by atoms with E-state index in [0.29, 0.717) is 0 Å². The van der Waals surface area contributed by atoms with E-state index in [0.717, 1.165) is 0 Å². The number of phenolic OH excluding ortho intramolecular Hbond substituents is 1. The molecule has 0 bridgehead atoms. The van der Waals surface area contributed by atoms with Crippen molar-refractivity contribution in [1.29, 1.82) is 5.26 Å². The number of carbonyl (C=O) groups excluding carboxylic acids is 1. The smallest absolute Gasteiger partial charge is 0.341 e. The Morgan fingerprint density at radius 1 is 1.56 bits per heavy atom. The van der Waals surface area contributed by atoms with Crippen molar-refractivity contribution in [3.8, 4) is 17.6 Å².